The second-order valence-electron chi connectivity index (χ2n) is 4.15. The minimum Gasteiger partial charge on any atom is -0.465 e. The molecule has 0 saturated carbocycles. The molecule has 0 aliphatic carbocycles. The second kappa shape index (κ2) is 5.35. The van der Waals surface area contributed by atoms with Gasteiger partial charge in [-0.3, -0.25) is 9.78 Å². The van der Waals surface area contributed by atoms with Crippen molar-refractivity contribution in [1.29, 1.82) is 0 Å². The van der Waals surface area contributed by atoms with Crippen LogP contribution in [0.3, 0.4) is 0 Å². The Labute approximate surface area is 110 Å². The molecular weight excluding hydrogens is 256 g/mol. The standard InChI is InChI=1S/C12H13ClN2O3/c1-18-12(17)9-3-10(6-14-5-9)15-7-8(4-13)2-11(15)16/h3,5-6,8H,2,4,7H2,1H3. The van der Waals surface area contributed by atoms with Crippen LogP contribution in [0.5, 0.6) is 0 Å². The van der Waals surface area contributed by atoms with E-state index < -0.39 is 5.97 Å². The number of alkyl halides is 1. The number of methoxy groups -OCH3 is 1. The summed E-state index contributed by atoms with van der Waals surface area (Å²) in [4.78, 5) is 28.8. The number of nitrogens with zero attached hydrogens (tertiary/aromatic N) is 2. The van der Waals surface area contributed by atoms with Crippen molar-refractivity contribution in [2.45, 2.75) is 6.42 Å². The smallest absolute Gasteiger partial charge is 0.339 e. The molecule has 1 unspecified atom stereocenters. The zero-order valence-corrected chi connectivity index (χ0v) is 10.7. The van der Waals surface area contributed by atoms with Gasteiger partial charge in [0.2, 0.25) is 5.91 Å². The molecule has 0 spiro atoms. The summed E-state index contributed by atoms with van der Waals surface area (Å²) in [5.74, 6) is 0.141. The summed E-state index contributed by atoms with van der Waals surface area (Å²) in [6, 6.07) is 1.60. The van der Waals surface area contributed by atoms with E-state index in [4.69, 9.17) is 11.6 Å². The number of amides is 1. The van der Waals surface area contributed by atoms with Crippen LogP contribution in [0.4, 0.5) is 5.69 Å². The molecule has 0 bridgehead atoms. The lowest BCUT2D eigenvalue weighted by Crippen LogP contribution is -2.25. The number of carbonyl (C=O) groups is 2. The van der Waals surface area contributed by atoms with Gasteiger partial charge in [0.05, 0.1) is 24.6 Å². The third-order valence-corrected chi connectivity index (χ3v) is 3.32. The molecule has 2 heterocycles. The average molecular weight is 269 g/mol. The Kier molecular flexibility index (Phi) is 3.81. The quantitative estimate of drug-likeness (QED) is 0.615. The Hall–Kier alpha value is -1.62. The van der Waals surface area contributed by atoms with Crippen LogP contribution in [0.15, 0.2) is 18.5 Å². The summed E-state index contributed by atoms with van der Waals surface area (Å²) < 4.78 is 4.62. The SMILES string of the molecule is COC(=O)c1cncc(N2CC(CCl)CC2=O)c1. The van der Waals surface area contributed by atoms with Gasteiger partial charge in [-0.2, -0.15) is 0 Å². The number of rotatable bonds is 3. The highest BCUT2D eigenvalue weighted by Gasteiger charge is 2.30. The normalized spacial score (nSPS) is 19.1. The van der Waals surface area contributed by atoms with Crippen molar-refractivity contribution in [3.05, 3.63) is 24.0 Å². The van der Waals surface area contributed by atoms with E-state index in [1.54, 1.807) is 17.2 Å². The van der Waals surface area contributed by atoms with Gasteiger partial charge >= 0.3 is 5.97 Å². The first-order valence-corrected chi connectivity index (χ1v) is 6.09. The maximum atomic E-state index is 11.8. The number of hydrogen-bond acceptors (Lipinski definition) is 4. The molecule has 1 saturated heterocycles. The van der Waals surface area contributed by atoms with Gasteiger partial charge in [-0.15, -0.1) is 11.6 Å². The van der Waals surface area contributed by atoms with E-state index >= 15 is 0 Å². The highest BCUT2D eigenvalue weighted by molar-refractivity contribution is 6.18. The van der Waals surface area contributed by atoms with Gasteiger partial charge in [-0.05, 0) is 12.0 Å². The number of aromatic nitrogens is 1. The predicted molar refractivity (Wildman–Crippen MR) is 66.8 cm³/mol. The Morgan fingerprint density at radius 1 is 1.61 bits per heavy atom. The van der Waals surface area contributed by atoms with E-state index in [1.165, 1.54) is 13.3 Å². The minimum absolute atomic E-state index is 0.00414. The molecule has 1 aliphatic heterocycles. The summed E-state index contributed by atoms with van der Waals surface area (Å²) in [6.07, 6.45) is 3.40. The molecule has 0 N–H and O–H groups in total. The Morgan fingerprint density at radius 2 is 2.39 bits per heavy atom. The summed E-state index contributed by atoms with van der Waals surface area (Å²) in [5, 5.41) is 0. The summed E-state index contributed by atoms with van der Waals surface area (Å²) >= 11 is 5.76. The third kappa shape index (κ3) is 2.46. The van der Waals surface area contributed by atoms with E-state index in [9.17, 15) is 9.59 Å². The van der Waals surface area contributed by atoms with E-state index in [0.29, 0.717) is 30.1 Å². The molecule has 1 amide bonds. The predicted octanol–water partition coefficient (Wildman–Crippen LogP) is 1.46. The molecule has 1 fully saturated rings. The van der Waals surface area contributed by atoms with E-state index in [-0.39, 0.29) is 11.8 Å². The molecule has 96 valence electrons. The number of esters is 1. The monoisotopic (exact) mass is 268 g/mol. The number of anilines is 1. The molecule has 1 aromatic heterocycles. The lowest BCUT2D eigenvalue weighted by atomic mass is 10.1. The van der Waals surface area contributed by atoms with Crippen LogP contribution < -0.4 is 4.90 Å². The van der Waals surface area contributed by atoms with E-state index in [0.717, 1.165) is 0 Å². The molecule has 0 aromatic carbocycles. The van der Waals surface area contributed by atoms with Crippen molar-refractivity contribution in [1.82, 2.24) is 4.98 Å². The number of carbonyl (C=O) groups excluding carboxylic acids is 2. The highest BCUT2D eigenvalue weighted by Crippen LogP contribution is 2.25. The van der Waals surface area contributed by atoms with Crippen molar-refractivity contribution in [2.24, 2.45) is 5.92 Å². The van der Waals surface area contributed by atoms with Crippen LogP contribution >= 0.6 is 11.6 Å². The van der Waals surface area contributed by atoms with Crippen molar-refractivity contribution >= 4 is 29.2 Å². The van der Waals surface area contributed by atoms with Crippen LogP contribution in [0.2, 0.25) is 0 Å². The minimum atomic E-state index is -0.468. The molecule has 1 aliphatic rings. The maximum absolute atomic E-state index is 11.8. The first-order valence-electron chi connectivity index (χ1n) is 5.55. The number of pyridine rings is 1. The van der Waals surface area contributed by atoms with Gasteiger partial charge in [0.15, 0.2) is 0 Å². The average Bonchev–Trinajstić information content (AvgIpc) is 2.79. The molecule has 5 nitrogen and oxygen atoms in total. The van der Waals surface area contributed by atoms with Crippen LogP contribution in [0, 0.1) is 5.92 Å². The van der Waals surface area contributed by atoms with Crippen LogP contribution in [0.1, 0.15) is 16.8 Å². The fourth-order valence-corrected chi connectivity index (χ4v) is 2.15. The van der Waals surface area contributed by atoms with Crippen molar-refractivity contribution in [2.75, 3.05) is 24.4 Å². The van der Waals surface area contributed by atoms with Crippen LogP contribution in [0.25, 0.3) is 0 Å². The number of hydrogen-bond donors (Lipinski definition) is 0. The number of halogens is 1. The fourth-order valence-electron chi connectivity index (χ4n) is 1.94. The Bertz CT molecular complexity index is 478. The van der Waals surface area contributed by atoms with E-state index in [2.05, 4.69) is 9.72 Å². The maximum Gasteiger partial charge on any atom is 0.339 e. The zero-order valence-electron chi connectivity index (χ0n) is 9.93. The second-order valence-corrected chi connectivity index (χ2v) is 4.46. The van der Waals surface area contributed by atoms with Gasteiger partial charge in [-0.1, -0.05) is 0 Å². The topological polar surface area (TPSA) is 59.5 Å². The summed E-state index contributed by atoms with van der Waals surface area (Å²) in [6.45, 7) is 0.564. The van der Waals surface area contributed by atoms with Crippen molar-refractivity contribution < 1.29 is 14.3 Å². The Balaban J connectivity index is 2.24. The van der Waals surface area contributed by atoms with E-state index in [1.807, 2.05) is 0 Å². The van der Waals surface area contributed by atoms with Gasteiger partial charge in [0.25, 0.3) is 0 Å². The number of ether oxygens (including phenoxy) is 1. The summed E-state index contributed by atoms with van der Waals surface area (Å²) in [5.41, 5.74) is 0.938. The lowest BCUT2D eigenvalue weighted by Gasteiger charge is -2.16. The van der Waals surface area contributed by atoms with Gasteiger partial charge in [0, 0.05) is 25.0 Å². The first-order chi connectivity index (χ1) is 8.65. The first kappa shape index (κ1) is 12.8. The van der Waals surface area contributed by atoms with Gasteiger partial charge < -0.3 is 9.64 Å². The van der Waals surface area contributed by atoms with Crippen LogP contribution in [-0.4, -0.2) is 36.4 Å². The molecule has 1 aromatic rings. The third-order valence-electron chi connectivity index (χ3n) is 2.88. The zero-order chi connectivity index (χ0) is 13.1. The molecule has 6 heteroatoms. The van der Waals surface area contributed by atoms with Crippen molar-refractivity contribution in [3.63, 3.8) is 0 Å². The molecule has 1 atom stereocenters. The van der Waals surface area contributed by atoms with Crippen LogP contribution in [-0.2, 0) is 9.53 Å². The highest BCUT2D eigenvalue weighted by atomic mass is 35.5. The molecular formula is C12H13ClN2O3. The Morgan fingerprint density at radius 3 is 3.00 bits per heavy atom. The fraction of sp³-hybridized carbons (Fsp3) is 0.417. The molecule has 0 radical (unpaired) electrons. The van der Waals surface area contributed by atoms with Gasteiger partial charge in [-0.25, -0.2) is 4.79 Å². The largest absolute Gasteiger partial charge is 0.465 e. The summed E-state index contributed by atoms with van der Waals surface area (Å²) in [7, 11) is 1.31. The molecule has 18 heavy (non-hydrogen) atoms. The molecule has 2 rings (SSSR count). The lowest BCUT2D eigenvalue weighted by molar-refractivity contribution is -0.117. The van der Waals surface area contributed by atoms with Gasteiger partial charge in [0.1, 0.15) is 0 Å². The van der Waals surface area contributed by atoms with Crippen molar-refractivity contribution in [3.8, 4) is 0 Å².